The summed E-state index contributed by atoms with van der Waals surface area (Å²) in [7, 11) is 0. The quantitative estimate of drug-likeness (QED) is 0.702. The number of furan rings is 1. The number of aromatic nitrogens is 1. The zero-order chi connectivity index (χ0) is 18.8. The first-order chi connectivity index (χ1) is 13.1. The lowest BCUT2D eigenvalue weighted by molar-refractivity contribution is 0.0929. The second kappa shape index (κ2) is 7.70. The van der Waals surface area contributed by atoms with Crippen LogP contribution < -0.4 is 15.4 Å². The van der Waals surface area contributed by atoms with Gasteiger partial charge in [-0.15, -0.1) is 11.3 Å². The molecule has 0 atom stereocenters. The Kier molecular flexibility index (Phi) is 5.13. The van der Waals surface area contributed by atoms with Crippen molar-refractivity contribution >= 4 is 28.2 Å². The van der Waals surface area contributed by atoms with Crippen molar-refractivity contribution in [1.29, 1.82) is 0 Å². The number of rotatable bonds is 5. The molecule has 7 heteroatoms. The van der Waals surface area contributed by atoms with E-state index in [2.05, 4.69) is 15.6 Å². The van der Waals surface area contributed by atoms with Gasteiger partial charge in [0.15, 0.2) is 0 Å². The highest BCUT2D eigenvalue weighted by molar-refractivity contribution is 7.09. The van der Waals surface area contributed by atoms with E-state index >= 15 is 0 Å². The van der Waals surface area contributed by atoms with Gasteiger partial charge in [0.2, 0.25) is 0 Å². The van der Waals surface area contributed by atoms with Crippen LogP contribution in [0.5, 0.6) is 5.75 Å². The molecule has 0 aliphatic carbocycles. The number of aryl methyl sites for hydroxylation is 2. The zero-order valence-electron chi connectivity index (χ0n) is 15.5. The summed E-state index contributed by atoms with van der Waals surface area (Å²) in [6, 6.07) is 5.82. The Bertz CT molecular complexity index is 957. The van der Waals surface area contributed by atoms with Crippen LogP contribution in [0.3, 0.4) is 0 Å². The molecule has 0 radical (unpaired) electrons. The van der Waals surface area contributed by atoms with Crippen LogP contribution in [0.15, 0.2) is 28.1 Å². The normalized spacial score (nSPS) is 15.2. The van der Waals surface area contributed by atoms with Gasteiger partial charge in [-0.3, -0.25) is 4.79 Å². The van der Waals surface area contributed by atoms with Crippen molar-refractivity contribution in [2.45, 2.75) is 39.3 Å². The van der Waals surface area contributed by atoms with E-state index in [9.17, 15) is 4.79 Å². The largest absolute Gasteiger partial charge is 0.488 e. The monoisotopic (exact) mass is 385 g/mol. The number of thiazole rings is 1. The lowest BCUT2D eigenvalue weighted by Crippen LogP contribution is -2.42. The van der Waals surface area contributed by atoms with Crippen molar-refractivity contribution in [1.82, 2.24) is 15.6 Å². The Morgan fingerprint density at radius 2 is 2.19 bits per heavy atom. The zero-order valence-corrected chi connectivity index (χ0v) is 16.3. The molecule has 1 amide bonds. The predicted octanol–water partition coefficient (Wildman–Crippen LogP) is 3.57. The third-order valence-corrected chi connectivity index (χ3v) is 5.86. The molecule has 4 rings (SSSR count). The van der Waals surface area contributed by atoms with Gasteiger partial charge < -0.3 is 19.8 Å². The highest BCUT2D eigenvalue weighted by Crippen LogP contribution is 2.30. The van der Waals surface area contributed by atoms with Gasteiger partial charge in [-0.25, -0.2) is 4.98 Å². The van der Waals surface area contributed by atoms with Gasteiger partial charge in [-0.1, -0.05) is 0 Å². The molecule has 3 aromatic rings. The van der Waals surface area contributed by atoms with E-state index in [4.69, 9.17) is 9.15 Å². The molecular formula is C20H23N3O3S. The molecular weight excluding hydrogens is 362 g/mol. The van der Waals surface area contributed by atoms with Crippen molar-refractivity contribution in [3.8, 4) is 5.75 Å². The highest BCUT2D eigenvalue weighted by Gasteiger charge is 2.22. The molecule has 1 saturated heterocycles. The van der Waals surface area contributed by atoms with Crippen LogP contribution in [-0.2, 0) is 6.61 Å². The molecule has 1 aliphatic rings. The molecule has 6 nitrogen and oxygen atoms in total. The lowest BCUT2D eigenvalue weighted by Gasteiger charge is -2.23. The highest BCUT2D eigenvalue weighted by atomic mass is 32.1. The second-order valence-electron chi connectivity index (χ2n) is 6.84. The minimum atomic E-state index is -0.0754. The van der Waals surface area contributed by atoms with E-state index in [0.29, 0.717) is 29.3 Å². The molecule has 1 fully saturated rings. The van der Waals surface area contributed by atoms with Crippen LogP contribution in [-0.4, -0.2) is 30.0 Å². The number of benzene rings is 1. The molecule has 0 unspecified atom stereocenters. The summed E-state index contributed by atoms with van der Waals surface area (Å²) < 4.78 is 11.7. The Balaban J connectivity index is 1.55. The summed E-state index contributed by atoms with van der Waals surface area (Å²) in [4.78, 5) is 18.2. The van der Waals surface area contributed by atoms with E-state index in [-0.39, 0.29) is 11.9 Å². The van der Waals surface area contributed by atoms with Crippen LogP contribution in [0.4, 0.5) is 0 Å². The molecule has 2 N–H and O–H groups in total. The van der Waals surface area contributed by atoms with Crippen LogP contribution in [0.25, 0.3) is 11.0 Å². The van der Waals surface area contributed by atoms with E-state index in [1.165, 1.54) is 0 Å². The molecule has 27 heavy (non-hydrogen) atoms. The Hall–Kier alpha value is -2.38. The van der Waals surface area contributed by atoms with Gasteiger partial charge >= 0.3 is 0 Å². The smallest absolute Gasteiger partial charge is 0.255 e. The van der Waals surface area contributed by atoms with E-state index in [1.807, 2.05) is 37.6 Å². The van der Waals surface area contributed by atoms with Gasteiger partial charge in [0.1, 0.15) is 23.7 Å². The average molecular weight is 385 g/mol. The molecule has 0 saturated carbocycles. The molecule has 3 heterocycles. The van der Waals surface area contributed by atoms with Gasteiger partial charge in [0.25, 0.3) is 5.91 Å². The van der Waals surface area contributed by atoms with E-state index in [0.717, 1.165) is 41.9 Å². The lowest BCUT2D eigenvalue weighted by atomic mass is 10.0. The Morgan fingerprint density at radius 1 is 1.37 bits per heavy atom. The number of amides is 1. The fourth-order valence-electron chi connectivity index (χ4n) is 3.41. The number of fused-ring (bicyclic) bond motifs is 1. The number of hydrogen-bond acceptors (Lipinski definition) is 6. The number of nitrogens with zero attached hydrogens (tertiary/aromatic N) is 1. The van der Waals surface area contributed by atoms with Crippen molar-refractivity contribution in [2.24, 2.45) is 0 Å². The third-order valence-electron chi connectivity index (χ3n) is 4.95. The number of carbonyl (C=O) groups is 1. The molecule has 2 aromatic heterocycles. The van der Waals surface area contributed by atoms with Gasteiger partial charge in [0, 0.05) is 11.4 Å². The summed E-state index contributed by atoms with van der Waals surface area (Å²) >= 11 is 1.58. The van der Waals surface area contributed by atoms with Crippen molar-refractivity contribution < 1.29 is 13.9 Å². The van der Waals surface area contributed by atoms with Crippen LogP contribution in [0.1, 0.15) is 39.5 Å². The third kappa shape index (κ3) is 3.84. The molecule has 0 spiro atoms. The van der Waals surface area contributed by atoms with E-state index < -0.39 is 0 Å². The first-order valence-corrected chi connectivity index (χ1v) is 10.1. The topological polar surface area (TPSA) is 76.4 Å². The van der Waals surface area contributed by atoms with Crippen molar-refractivity contribution in [3.63, 3.8) is 0 Å². The van der Waals surface area contributed by atoms with Crippen LogP contribution in [0.2, 0.25) is 0 Å². The number of carbonyl (C=O) groups excluding carboxylic acids is 1. The Labute approximate surface area is 161 Å². The summed E-state index contributed by atoms with van der Waals surface area (Å²) in [5.41, 5.74) is 4.11. The molecule has 142 valence electrons. The van der Waals surface area contributed by atoms with Crippen LogP contribution >= 0.6 is 11.3 Å². The van der Waals surface area contributed by atoms with Gasteiger partial charge in [0.05, 0.1) is 21.6 Å². The number of nitrogens with one attached hydrogen (secondary N) is 2. The minimum Gasteiger partial charge on any atom is -0.488 e. The number of piperidine rings is 1. The molecule has 0 bridgehead atoms. The summed E-state index contributed by atoms with van der Waals surface area (Å²) in [6.07, 6.45) is 1.90. The molecule has 1 aromatic carbocycles. The predicted molar refractivity (Wildman–Crippen MR) is 105 cm³/mol. The van der Waals surface area contributed by atoms with Crippen LogP contribution in [0, 0.1) is 13.8 Å². The van der Waals surface area contributed by atoms with Gasteiger partial charge in [-0.2, -0.15) is 0 Å². The average Bonchev–Trinajstić information content (AvgIpc) is 3.22. The second-order valence-corrected chi connectivity index (χ2v) is 7.78. The number of ether oxygens (including phenoxy) is 1. The molecule has 1 aliphatic heterocycles. The Morgan fingerprint density at radius 3 is 2.93 bits per heavy atom. The summed E-state index contributed by atoms with van der Waals surface area (Å²) in [5.74, 6) is 1.27. The first kappa shape index (κ1) is 18.0. The van der Waals surface area contributed by atoms with Crippen molar-refractivity contribution in [3.05, 3.63) is 45.6 Å². The van der Waals surface area contributed by atoms with E-state index in [1.54, 1.807) is 11.3 Å². The van der Waals surface area contributed by atoms with Crippen molar-refractivity contribution in [2.75, 3.05) is 13.1 Å². The summed E-state index contributed by atoms with van der Waals surface area (Å²) in [6.45, 7) is 6.14. The summed E-state index contributed by atoms with van der Waals surface area (Å²) in [5, 5.41) is 7.25. The SMILES string of the molecule is Cc1ncsc1COc1ccc2oc(C)c(C(=O)NC3CCNCC3)c2c1. The van der Waals surface area contributed by atoms with Gasteiger partial charge in [-0.05, 0) is 58.0 Å². The fraction of sp³-hybridized carbons (Fsp3) is 0.400. The first-order valence-electron chi connectivity index (χ1n) is 9.18. The fourth-order valence-corrected chi connectivity index (χ4v) is 4.10. The maximum atomic E-state index is 12.9. The minimum absolute atomic E-state index is 0.0754. The maximum Gasteiger partial charge on any atom is 0.255 e. The maximum absolute atomic E-state index is 12.9. The standard InChI is InChI=1S/C20H23N3O3S/c1-12-18(27-11-22-12)10-25-15-3-4-17-16(9-15)19(13(2)26-17)20(24)23-14-5-7-21-8-6-14/h3-4,9,11,14,21H,5-8,10H2,1-2H3,(H,23,24). The number of hydrogen-bond donors (Lipinski definition) is 2.